The van der Waals surface area contributed by atoms with Crippen molar-refractivity contribution in [1.82, 2.24) is 14.8 Å². The lowest BCUT2D eigenvalue weighted by atomic mass is 9.93. The number of nitrogens with one attached hydrogen (secondary N) is 1. The van der Waals surface area contributed by atoms with Crippen LogP contribution in [0.15, 0.2) is 41.6 Å². The Morgan fingerprint density at radius 1 is 1.12 bits per heavy atom. The third kappa shape index (κ3) is 5.52. The van der Waals surface area contributed by atoms with Gasteiger partial charge in [-0.1, -0.05) is 0 Å². The number of H-pyrrole nitrogens is 1. The largest absolute Gasteiger partial charge is 0.397 e. The number of hydrogen-bond donors (Lipinski definition) is 2. The Hall–Kier alpha value is -2.52. The lowest BCUT2D eigenvalue weighted by Crippen LogP contribution is -2.49. The zero-order chi connectivity index (χ0) is 23.6. The first-order chi connectivity index (χ1) is 15.7. The number of piperidine rings is 2. The van der Waals surface area contributed by atoms with Gasteiger partial charge in [0.2, 0.25) is 5.91 Å². The van der Waals surface area contributed by atoms with Crippen molar-refractivity contribution >= 4 is 27.1 Å². The maximum atomic E-state index is 13.1. The molecule has 180 valence electrons. The second-order valence-corrected chi connectivity index (χ2v) is 11.4. The molecule has 0 atom stereocenters. The Morgan fingerprint density at radius 3 is 2.39 bits per heavy atom. The van der Waals surface area contributed by atoms with E-state index in [4.69, 9.17) is 5.73 Å². The molecule has 2 fully saturated rings. The van der Waals surface area contributed by atoms with Crippen molar-refractivity contribution in [3.63, 3.8) is 0 Å². The standard InChI is InChI=1S/C24H35N5O3S/c1-27(23-4-3-21(15-22(23)25)33(2,31)32)20-8-13-29(14-9-20)24(30)19-6-11-28(12-7-19)17-18-5-10-26-16-18/h3-5,10,15-16,19-20,26H,6-9,11-14,17,25H2,1-2H3. The first-order valence-electron chi connectivity index (χ1n) is 11.7. The number of carbonyl (C=O) groups is 1. The summed E-state index contributed by atoms with van der Waals surface area (Å²) in [5, 5.41) is 0. The Balaban J connectivity index is 1.27. The van der Waals surface area contributed by atoms with Gasteiger partial charge in [0.15, 0.2) is 9.84 Å². The topological polar surface area (TPSA) is 103 Å². The van der Waals surface area contributed by atoms with Crippen molar-refractivity contribution in [2.75, 3.05) is 50.1 Å². The molecule has 33 heavy (non-hydrogen) atoms. The maximum Gasteiger partial charge on any atom is 0.225 e. The SMILES string of the molecule is CN(c1ccc(S(C)(=O)=O)cc1N)C1CCN(C(=O)C2CCN(Cc3cc[nH]c3)CC2)CC1. The first-order valence-corrected chi connectivity index (χ1v) is 13.6. The van der Waals surface area contributed by atoms with E-state index in [1.807, 2.05) is 24.3 Å². The molecule has 1 amide bonds. The number of amides is 1. The van der Waals surface area contributed by atoms with Crippen LogP contribution in [0.1, 0.15) is 31.2 Å². The van der Waals surface area contributed by atoms with Crippen LogP contribution in [-0.2, 0) is 21.2 Å². The number of aromatic amines is 1. The van der Waals surface area contributed by atoms with Gasteiger partial charge in [0, 0.05) is 57.3 Å². The van der Waals surface area contributed by atoms with Crippen LogP contribution >= 0.6 is 0 Å². The highest BCUT2D eigenvalue weighted by Gasteiger charge is 2.32. The third-order valence-electron chi connectivity index (χ3n) is 7.14. The molecule has 0 spiro atoms. The predicted molar refractivity (Wildman–Crippen MR) is 131 cm³/mol. The number of nitrogen functional groups attached to an aromatic ring is 1. The molecule has 3 heterocycles. The molecule has 0 unspecified atom stereocenters. The molecule has 3 N–H and O–H groups in total. The minimum atomic E-state index is -3.28. The number of nitrogens with zero attached hydrogens (tertiary/aromatic N) is 3. The zero-order valence-corrected chi connectivity index (χ0v) is 20.4. The number of carbonyl (C=O) groups excluding carboxylic acids is 1. The van der Waals surface area contributed by atoms with Crippen molar-refractivity contribution in [3.8, 4) is 0 Å². The molecule has 2 aliphatic heterocycles. The fraction of sp³-hybridized carbons (Fsp3) is 0.542. The lowest BCUT2D eigenvalue weighted by Gasteiger charge is -2.40. The van der Waals surface area contributed by atoms with E-state index in [1.165, 1.54) is 17.9 Å². The van der Waals surface area contributed by atoms with E-state index in [1.54, 1.807) is 12.1 Å². The molecule has 0 radical (unpaired) electrons. The van der Waals surface area contributed by atoms with E-state index in [-0.39, 0.29) is 16.9 Å². The molecular weight excluding hydrogens is 438 g/mol. The number of sulfone groups is 1. The number of hydrogen-bond acceptors (Lipinski definition) is 6. The second-order valence-electron chi connectivity index (χ2n) is 9.43. The van der Waals surface area contributed by atoms with Crippen molar-refractivity contribution < 1.29 is 13.2 Å². The van der Waals surface area contributed by atoms with Crippen LogP contribution in [0.25, 0.3) is 0 Å². The van der Waals surface area contributed by atoms with Crippen molar-refractivity contribution in [2.45, 2.75) is 43.2 Å². The Bertz CT molecular complexity index is 1050. The molecular formula is C24H35N5O3S. The van der Waals surface area contributed by atoms with Crippen LogP contribution in [0.2, 0.25) is 0 Å². The summed E-state index contributed by atoms with van der Waals surface area (Å²) >= 11 is 0. The molecule has 4 rings (SSSR count). The van der Waals surface area contributed by atoms with Crippen LogP contribution in [0.3, 0.4) is 0 Å². The summed E-state index contributed by atoms with van der Waals surface area (Å²) < 4.78 is 23.6. The van der Waals surface area contributed by atoms with E-state index >= 15 is 0 Å². The summed E-state index contributed by atoms with van der Waals surface area (Å²) in [6, 6.07) is 7.29. The van der Waals surface area contributed by atoms with Crippen LogP contribution in [0.5, 0.6) is 0 Å². The van der Waals surface area contributed by atoms with Gasteiger partial charge in [-0.05, 0) is 68.6 Å². The maximum absolute atomic E-state index is 13.1. The van der Waals surface area contributed by atoms with E-state index < -0.39 is 9.84 Å². The number of nitrogens with two attached hydrogens (primary N) is 1. The van der Waals surface area contributed by atoms with Crippen LogP contribution in [-0.4, -0.2) is 74.6 Å². The van der Waals surface area contributed by atoms with Gasteiger partial charge in [0.1, 0.15) is 0 Å². The molecule has 9 heteroatoms. The van der Waals surface area contributed by atoms with Gasteiger partial charge in [-0.25, -0.2) is 8.42 Å². The summed E-state index contributed by atoms with van der Waals surface area (Å²) in [4.78, 5) is 23.0. The van der Waals surface area contributed by atoms with E-state index in [2.05, 4.69) is 20.9 Å². The van der Waals surface area contributed by atoms with Gasteiger partial charge < -0.3 is 20.5 Å². The van der Waals surface area contributed by atoms with E-state index in [0.717, 1.165) is 64.1 Å². The number of rotatable bonds is 6. The van der Waals surface area contributed by atoms with Gasteiger partial charge in [0.05, 0.1) is 16.3 Å². The number of anilines is 2. The molecule has 2 saturated heterocycles. The van der Waals surface area contributed by atoms with Crippen molar-refractivity contribution in [3.05, 3.63) is 42.2 Å². The second kappa shape index (κ2) is 9.77. The quantitative estimate of drug-likeness (QED) is 0.625. The summed E-state index contributed by atoms with van der Waals surface area (Å²) in [5.41, 5.74) is 8.76. The van der Waals surface area contributed by atoms with Crippen LogP contribution < -0.4 is 10.6 Å². The van der Waals surface area contributed by atoms with Gasteiger partial charge in [-0.15, -0.1) is 0 Å². The molecule has 0 saturated carbocycles. The van der Waals surface area contributed by atoms with E-state index in [0.29, 0.717) is 11.6 Å². The monoisotopic (exact) mass is 473 g/mol. The highest BCUT2D eigenvalue weighted by atomic mass is 32.2. The zero-order valence-electron chi connectivity index (χ0n) is 19.5. The highest BCUT2D eigenvalue weighted by molar-refractivity contribution is 7.90. The summed E-state index contributed by atoms with van der Waals surface area (Å²) in [5.74, 6) is 0.426. The van der Waals surface area contributed by atoms with E-state index in [9.17, 15) is 13.2 Å². The molecule has 1 aromatic carbocycles. The van der Waals surface area contributed by atoms with Crippen molar-refractivity contribution in [1.29, 1.82) is 0 Å². The fourth-order valence-electron chi connectivity index (χ4n) is 5.07. The molecule has 1 aromatic heterocycles. The van der Waals surface area contributed by atoms with Gasteiger partial charge in [-0.2, -0.15) is 0 Å². The molecule has 8 nitrogen and oxygen atoms in total. The normalized spacial score (nSPS) is 19.0. The highest BCUT2D eigenvalue weighted by Crippen LogP contribution is 2.30. The first kappa shape index (κ1) is 23.6. The minimum Gasteiger partial charge on any atom is -0.397 e. The molecule has 2 aromatic rings. The Labute approximate surface area is 196 Å². The third-order valence-corrected chi connectivity index (χ3v) is 8.25. The van der Waals surface area contributed by atoms with Crippen LogP contribution in [0, 0.1) is 5.92 Å². The Kier molecular flexibility index (Phi) is 6.99. The smallest absolute Gasteiger partial charge is 0.225 e. The summed E-state index contributed by atoms with van der Waals surface area (Å²) in [7, 11) is -1.29. The molecule has 0 bridgehead atoms. The number of likely N-dealkylation sites (tertiary alicyclic amines) is 2. The average molecular weight is 474 g/mol. The van der Waals surface area contributed by atoms with Gasteiger partial charge >= 0.3 is 0 Å². The summed E-state index contributed by atoms with van der Waals surface area (Å²) in [6.45, 7) is 4.36. The lowest BCUT2D eigenvalue weighted by molar-refractivity contribution is -0.138. The minimum absolute atomic E-state index is 0.126. The predicted octanol–water partition coefficient (Wildman–Crippen LogP) is 2.34. The van der Waals surface area contributed by atoms with Crippen molar-refractivity contribution in [2.24, 2.45) is 5.92 Å². The van der Waals surface area contributed by atoms with Gasteiger partial charge in [0.25, 0.3) is 0 Å². The molecule has 2 aliphatic rings. The number of benzene rings is 1. The average Bonchev–Trinajstić information content (AvgIpc) is 3.31. The fourth-order valence-corrected chi connectivity index (χ4v) is 5.72. The Morgan fingerprint density at radius 2 is 1.82 bits per heavy atom. The summed E-state index contributed by atoms with van der Waals surface area (Å²) in [6.07, 6.45) is 8.77. The molecule has 0 aliphatic carbocycles. The van der Waals surface area contributed by atoms with Crippen LogP contribution in [0.4, 0.5) is 11.4 Å². The number of aromatic nitrogens is 1. The van der Waals surface area contributed by atoms with Gasteiger partial charge in [-0.3, -0.25) is 9.69 Å².